The van der Waals surface area contributed by atoms with Crippen LogP contribution in [0.15, 0.2) is 18.2 Å². The molecule has 0 heterocycles. The Morgan fingerprint density at radius 2 is 1.85 bits per heavy atom. The van der Waals surface area contributed by atoms with E-state index in [1.165, 1.54) is 18.2 Å². The highest BCUT2D eigenvalue weighted by atomic mass is 35.5. The van der Waals surface area contributed by atoms with Gasteiger partial charge in [-0.2, -0.15) is 0 Å². The maximum atomic E-state index is 13.3. The van der Waals surface area contributed by atoms with Crippen molar-refractivity contribution >= 4 is 18.3 Å². The lowest BCUT2D eigenvalue weighted by atomic mass is 10.0. The molecule has 0 aliphatic carbocycles. The fraction of sp³-hybridized carbons (Fsp3) is 0.500. The molecule has 1 rings (SSSR count). The number of nitrogens with two attached hydrogens (primary N) is 1. The number of nitrogens with one attached hydrogen (secondary N) is 1. The first-order valence-electron chi connectivity index (χ1n) is 6.38. The third kappa shape index (κ3) is 5.84. The first kappa shape index (κ1) is 18.8. The van der Waals surface area contributed by atoms with Gasteiger partial charge in [-0.25, -0.2) is 8.78 Å². The molecule has 0 radical (unpaired) electrons. The number of carbonyl (C=O) groups excluding carboxylic acids is 1. The summed E-state index contributed by atoms with van der Waals surface area (Å²) < 4.78 is 26.7. The van der Waals surface area contributed by atoms with E-state index in [0.717, 1.165) is 0 Å². The molecule has 0 saturated carbocycles. The van der Waals surface area contributed by atoms with Gasteiger partial charge in [-0.15, -0.1) is 12.4 Å². The van der Waals surface area contributed by atoms with Crippen LogP contribution in [-0.4, -0.2) is 18.5 Å². The van der Waals surface area contributed by atoms with Crippen molar-refractivity contribution in [1.82, 2.24) is 5.32 Å². The Morgan fingerprint density at radius 3 is 2.35 bits per heavy atom. The second kappa shape index (κ2) is 8.87. The first-order chi connectivity index (χ1) is 8.91. The van der Waals surface area contributed by atoms with Crippen LogP contribution >= 0.6 is 12.4 Å². The lowest BCUT2D eigenvalue weighted by Gasteiger charge is -2.14. The van der Waals surface area contributed by atoms with E-state index in [2.05, 4.69) is 5.32 Å². The maximum Gasteiger partial charge on any atom is 0.236 e. The third-order valence-electron chi connectivity index (χ3n) is 2.80. The SMILES string of the molecule is CC(C)C[C@H](N)C(=O)NCCc1c(F)cccc1F.Cl. The smallest absolute Gasteiger partial charge is 0.236 e. The quantitative estimate of drug-likeness (QED) is 0.848. The molecule has 1 aromatic carbocycles. The van der Waals surface area contributed by atoms with Crippen LogP contribution in [0, 0.1) is 17.6 Å². The van der Waals surface area contributed by atoms with Gasteiger partial charge in [-0.3, -0.25) is 4.79 Å². The van der Waals surface area contributed by atoms with Crippen LogP contribution in [0.3, 0.4) is 0 Å². The van der Waals surface area contributed by atoms with Crippen molar-refractivity contribution in [1.29, 1.82) is 0 Å². The summed E-state index contributed by atoms with van der Waals surface area (Å²) in [6.45, 7) is 4.12. The molecule has 3 nitrogen and oxygen atoms in total. The Labute approximate surface area is 124 Å². The molecule has 0 aliphatic heterocycles. The van der Waals surface area contributed by atoms with Crippen molar-refractivity contribution in [2.45, 2.75) is 32.7 Å². The summed E-state index contributed by atoms with van der Waals surface area (Å²) >= 11 is 0. The topological polar surface area (TPSA) is 55.1 Å². The Hall–Kier alpha value is -1.20. The largest absolute Gasteiger partial charge is 0.354 e. The number of benzene rings is 1. The predicted octanol–water partition coefficient (Wildman–Crippen LogP) is 2.42. The Bertz CT molecular complexity index is 421. The van der Waals surface area contributed by atoms with Gasteiger partial charge >= 0.3 is 0 Å². The highest BCUT2D eigenvalue weighted by molar-refractivity contribution is 5.85. The average Bonchev–Trinajstić information content (AvgIpc) is 2.31. The highest BCUT2D eigenvalue weighted by Gasteiger charge is 2.15. The van der Waals surface area contributed by atoms with Crippen molar-refractivity contribution < 1.29 is 13.6 Å². The fourth-order valence-electron chi connectivity index (χ4n) is 1.83. The minimum absolute atomic E-state index is 0. The number of rotatable bonds is 6. The standard InChI is InChI=1S/C14H20F2N2O.ClH/c1-9(2)8-13(17)14(19)18-7-6-10-11(15)4-3-5-12(10)16;/h3-5,9,13H,6-8,17H2,1-2H3,(H,18,19);1H/t13-;/m0./s1. The van der Waals surface area contributed by atoms with E-state index in [4.69, 9.17) is 5.73 Å². The van der Waals surface area contributed by atoms with Crippen LogP contribution in [-0.2, 0) is 11.2 Å². The van der Waals surface area contributed by atoms with Gasteiger partial charge in [0.25, 0.3) is 0 Å². The highest BCUT2D eigenvalue weighted by Crippen LogP contribution is 2.12. The minimum Gasteiger partial charge on any atom is -0.354 e. The molecule has 0 unspecified atom stereocenters. The normalized spacial score (nSPS) is 11.9. The molecule has 114 valence electrons. The van der Waals surface area contributed by atoms with Gasteiger partial charge in [0.05, 0.1) is 6.04 Å². The zero-order valence-corrected chi connectivity index (χ0v) is 12.5. The van der Waals surface area contributed by atoms with E-state index in [9.17, 15) is 13.6 Å². The van der Waals surface area contributed by atoms with Crippen LogP contribution in [0.25, 0.3) is 0 Å². The molecule has 0 saturated heterocycles. The van der Waals surface area contributed by atoms with Crippen molar-refractivity contribution in [2.24, 2.45) is 11.7 Å². The fourth-order valence-corrected chi connectivity index (χ4v) is 1.83. The summed E-state index contributed by atoms with van der Waals surface area (Å²) in [5.74, 6) is -1.16. The average molecular weight is 307 g/mol. The van der Waals surface area contributed by atoms with Gasteiger partial charge in [0, 0.05) is 12.1 Å². The minimum atomic E-state index is -0.597. The lowest BCUT2D eigenvalue weighted by Crippen LogP contribution is -2.42. The van der Waals surface area contributed by atoms with Crippen LogP contribution < -0.4 is 11.1 Å². The molecule has 1 atom stereocenters. The summed E-state index contributed by atoms with van der Waals surface area (Å²) in [6, 6.07) is 3.13. The number of amides is 1. The molecular weight excluding hydrogens is 286 g/mol. The van der Waals surface area contributed by atoms with Crippen molar-refractivity contribution in [3.8, 4) is 0 Å². The van der Waals surface area contributed by atoms with Crippen LogP contribution in [0.5, 0.6) is 0 Å². The van der Waals surface area contributed by atoms with Gasteiger partial charge < -0.3 is 11.1 Å². The summed E-state index contributed by atoms with van der Waals surface area (Å²) in [6.07, 6.45) is 0.693. The summed E-state index contributed by atoms with van der Waals surface area (Å²) in [7, 11) is 0. The lowest BCUT2D eigenvalue weighted by molar-refractivity contribution is -0.122. The zero-order valence-electron chi connectivity index (χ0n) is 11.7. The van der Waals surface area contributed by atoms with E-state index in [0.29, 0.717) is 12.3 Å². The van der Waals surface area contributed by atoms with Gasteiger partial charge in [-0.05, 0) is 30.9 Å². The molecule has 6 heteroatoms. The molecule has 0 aromatic heterocycles. The maximum absolute atomic E-state index is 13.3. The number of hydrogen-bond donors (Lipinski definition) is 2. The Balaban J connectivity index is 0.00000361. The van der Waals surface area contributed by atoms with Crippen molar-refractivity contribution in [2.75, 3.05) is 6.54 Å². The van der Waals surface area contributed by atoms with Crippen LogP contribution in [0.2, 0.25) is 0 Å². The molecule has 3 N–H and O–H groups in total. The zero-order chi connectivity index (χ0) is 14.4. The van der Waals surface area contributed by atoms with Crippen LogP contribution in [0.4, 0.5) is 8.78 Å². The van der Waals surface area contributed by atoms with E-state index in [-0.39, 0.29) is 36.8 Å². The molecule has 20 heavy (non-hydrogen) atoms. The summed E-state index contributed by atoms with van der Waals surface area (Å²) in [4.78, 5) is 11.6. The second-order valence-electron chi connectivity index (χ2n) is 4.98. The number of halogens is 3. The van der Waals surface area contributed by atoms with Gasteiger partial charge in [-0.1, -0.05) is 19.9 Å². The Morgan fingerprint density at radius 1 is 1.30 bits per heavy atom. The number of hydrogen-bond acceptors (Lipinski definition) is 2. The molecule has 0 fully saturated rings. The predicted molar refractivity (Wildman–Crippen MR) is 77.8 cm³/mol. The monoisotopic (exact) mass is 306 g/mol. The van der Waals surface area contributed by atoms with Crippen molar-refractivity contribution in [3.63, 3.8) is 0 Å². The first-order valence-corrected chi connectivity index (χ1v) is 6.38. The summed E-state index contributed by atoms with van der Waals surface area (Å²) in [5.41, 5.74) is 5.68. The molecule has 0 spiro atoms. The van der Waals surface area contributed by atoms with E-state index in [1.54, 1.807) is 0 Å². The van der Waals surface area contributed by atoms with E-state index < -0.39 is 17.7 Å². The summed E-state index contributed by atoms with van der Waals surface area (Å²) in [5, 5.41) is 2.59. The van der Waals surface area contributed by atoms with Gasteiger partial charge in [0.2, 0.25) is 5.91 Å². The molecule has 0 aliphatic rings. The molecule has 1 amide bonds. The van der Waals surface area contributed by atoms with E-state index in [1.807, 2.05) is 13.8 Å². The second-order valence-corrected chi connectivity index (χ2v) is 4.98. The molecular formula is C14H21ClF2N2O. The third-order valence-corrected chi connectivity index (χ3v) is 2.80. The number of carbonyl (C=O) groups is 1. The van der Waals surface area contributed by atoms with Crippen LogP contribution in [0.1, 0.15) is 25.8 Å². The molecule has 1 aromatic rings. The van der Waals surface area contributed by atoms with E-state index >= 15 is 0 Å². The molecule has 0 bridgehead atoms. The van der Waals surface area contributed by atoms with Gasteiger partial charge in [0.1, 0.15) is 11.6 Å². The van der Waals surface area contributed by atoms with Gasteiger partial charge in [0.15, 0.2) is 0 Å². The Kier molecular flexibility index (Phi) is 8.34. The van der Waals surface area contributed by atoms with Crippen molar-refractivity contribution in [3.05, 3.63) is 35.4 Å².